The molecule has 1 aliphatic heterocycles. The fraction of sp³-hybridized carbons (Fsp3) is 0.0588. The minimum Gasteiger partial charge on any atom is -0.454 e. The molecule has 1 aliphatic rings. The number of rotatable bonds is 2. The van der Waals surface area contributed by atoms with Crippen molar-refractivity contribution in [1.82, 2.24) is 0 Å². The number of nitriles is 2. The molecule has 4 nitrogen and oxygen atoms in total. The minimum atomic E-state index is 0.161. The van der Waals surface area contributed by atoms with Crippen molar-refractivity contribution in [3.63, 3.8) is 0 Å². The van der Waals surface area contributed by atoms with E-state index in [1.54, 1.807) is 42.5 Å². The predicted molar refractivity (Wildman–Crippen MR) is 82.2 cm³/mol. The van der Waals surface area contributed by atoms with Crippen LogP contribution in [0.25, 0.3) is 11.6 Å². The topological polar surface area (TPSA) is 66.0 Å². The summed E-state index contributed by atoms with van der Waals surface area (Å²) in [5.41, 5.74) is 2.23. The summed E-state index contributed by atoms with van der Waals surface area (Å²) in [4.78, 5) is 0. The Morgan fingerprint density at radius 2 is 1.91 bits per heavy atom. The average Bonchev–Trinajstić information content (AvgIpc) is 2.99. The lowest BCUT2D eigenvalue weighted by atomic mass is 10.0. The molecular formula is C17H9ClN2O2. The summed E-state index contributed by atoms with van der Waals surface area (Å²) >= 11 is 6.21. The molecular weight excluding hydrogens is 300 g/mol. The Morgan fingerprint density at radius 1 is 1.14 bits per heavy atom. The van der Waals surface area contributed by atoms with Gasteiger partial charge in [0.15, 0.2) is 11.5 Å². The first-order valence-corrected chi connectivity index (χ1v) is 6.80. The summed E-state index contributed by atoms with van der Waals surface area (Å²) in [5, 5.41) is 18.8. The second kappa shape index (κ2) is 5.81. The Bertz CT molecular complexity index is 860. The number of hydrogen-bond donors (Lipinski definition) is 0. The van der Waals surface area contributed by atoms with Gasteiger partial charge in [0.1, 0.15) is 0 Å². The lowest BCUT2D eigenvalue weighted by molar-refractivity contribution is 0.174. The van der Waals surface area contributed by atoms with E-state index in [0.29, 0.717) is 38.8 Å². The van der Waals surface area contributed by atoms with E-state index >= 15 is 0 Å². The molecule has 0 spiro atoms. The summed E-state index contributed by atoms with van der Waals surface area (Å²) in [5.74, 6) is 1.19. The van der Waals surface area contributed by atoms with E-state index in [9.17, 15) is 5.26 Å². The van der Waals surface area contributed by atoms with E-state index in [1.807, 2.05) is 0 Å². The SMILES string of the molecule is N#C/C(=C\c1cc2c(cc1Cl)OCO2)c1cccc(C#N)c1. The zero-order valence-electron chi connectivity index (χ0n) is 11.3. The minimum absolute atomic E-state index is 0.161. The highest BCUT2D eigenvalue weighted by Gasteiger charge is 2.16. The van der Waals surface area contributed by atoms with Crippen molar-refractivity contribution in [1.29, 1.82) is 10.5 Å². The molecule has 0 N–H and O–H groups in total. The Labute approximate surface area is 132 Å². The van der Waals surface area contributed by atoms with Gasteiger partial charge in [-0.15, -0.1) is 0 Å². The van der Waals surface area contributed by atoms with Gasteiger partial charge in [-0.3, -0.25) is 0 Å². The maximum absolute atomic E-state index is 9.39. The third-order valence-electron chi connectivity index (χ3n) is 3.21. The second-order valence-corrected chi connectivity index (χ2v) is 5.00. The molecule has 1 heterocycles. The van der Waals surface area contributed by atoms with Crippen molar-refractivity contribution < 1.29 is 9.47 Å². The van der Waals surface area contributed by atoms with Gasteiger partial charge in [-0.1, -0.05) is 23.7 Å². The van der Waals surface area contributed by atoms with Gasteiger partial charge in [-0.25, -0.2) is 0 Å². The van der Waals surface area contributed by atoms with Crippen molar-refractivity contribution in [2.75, 3.05) is 6.79 Å². The maximum Gasteiger partial charge on any atom is 0.231 e. The van der Waals surface area contributed by atoms with Crippen molar-refractivity contribution in [3.8, 4) is 23.6 Å². The number of nitrogens with zero attached hydrogens (tertiary/aromatic N) is 2. The average molecular weight is 309 g/mol. The van der Waals surface area contributed by atoms with Crippen LogP contribution in [0.15, 0.2) is 36.4 Å². The second-order valence-electron chi connectivity index (χ2n) is 4.59. The zero-order valence-corrected chi connectivity index (χ0v) is 12.1. The van der Waals surface area contributed by atoms with E-state index in [2.05, 4.69) is 12.1 Å². The third kappa shape index (κ3) is 2.61. The summed E-state index contributed by atoms with van der Waals surface area (Å²) < 4.78 is 10.6. The summed E-state index contributed by atoms with van der Waals surface area (Å²) in [6, 6.07) is 14.4. The van der Waals surface area contributed by atoms with Crippen LogP contribution < -0.4 is 9.47 Å². The van der Waals surface area contributed by atoms with Gasteiger partial charge in [0.25, 0.3) is 0 Å². The standard InChI is InChI=1S/C17H9ClN2O2/c18-15-7-17-16(21-10-22-17)6-13(15)5-14(9-20)12-3-1-2-11(4-12)8-19/h1-7H,10H2/b14-5+. The first-order valence-electron chi connectivity index (χ1n) is 6.43. The molecule has 0 atom stereocenters. The van der Waals surface area contributed by atoms with Crippen LogP contribution in [0, 0.1) is 22.7 Å². The molecule has 0 unspecified atom stereocenters. The zero-order chi connectivity index (χ0) is 15.5. The number of allylic oxidation sites excluding steroid dienone is 1. The van der Waals surface area contributed by atoms with E-state index in [1.165, 1.54) is 0 Å². The van der Waals surface area contributed by atoms with E-state index < -0.39 is 0 Å². The number of ether oxygens (including phenoxy) is 2. The fourth-order valence-electron chi connectivity index (χ4n) is 2.14. The molecule has 0 bridgehead atoms. The van der Waals surface area contributed by atoms with Crippen molar-refractivity contribution in [2.45, 2.75) is 0 Å². The summed E-state index contributed by atoms with van der Waals surface area (Å²) in [7, 11) is 0. The highest BCUT2D eigenvalue weighted by atomic mass is 35.5. The monoisotopic (exact) mass is 308 g/mol. The smallest absolute Gasteiger partial charge is 0.231 e. The number of hydrogen-bond acceptors (Lipinski definition) is 4. The summed E-state index contributed by atoms with van der Waals surface area (Å²) in [6.07, 6.45) is 1.67. The predicted octanol–water partition coefficient (Wildman–Crippen LogP) is 4.00. The lowest BCUT2D eigenvalue weighted by Gasteiger charge is -2.04. The molecule has 0 amide bonds. The van der Waals surface area contributed by atoms with Crippen LogP contribution in [-0.4, -0.2) is 6.79 Å². The Morgan fingerprint density at radius 3 is 2.64 bits per heavy atom. The molecule has 0 fully saturated rings. The van der Waals surface area contributed by atoms with Crippen LogP contribution in [0.1, 0.15) is 16.7 Å². The lowest BCUT2D eigenvalue weighted by Crippen LogP contribution is -1.92. The molecule has 0 saturated heterocycles. The third-order valence-corrected chi connectivity index (χ3v) is 3.54. The van der Waals surface area contributed by atoms with Gasteiger partial charge < -0.3 is 9.47 Å². The van der Waals surface area contributed by atoms with E-state index in [4.69, 9.17) is 26.3 Å². The van der Waals surface area contributed by atoms with Crippen LogP contribution >= 0.6 is 11.6 Å². The molecule has 0 saturated carbocycles. The largest absolute Gasteiger partial charge is 0.454 e. The van der Waals surface area contributed by atoms with Gasteiger partial charge >= 0.3 is 0 Å². The van der Waals surface area contributed by atoms with Gasteiger partial charge in [0.2, 0.25) is 6.79 Å². The van der Waals surface area contributed by atoms with E-state index in [0.717, 1.165) is 0 Å². The molecule has 0 aliphatic carbocycles. The normalized spacial score (nSPS) is 12.6. The van der Waals surface area contributed by atoms with Crippen molar-refractivity contribution >= 4 is 23.3 Å². The van der Waals surface area contributed by atoms with Gasteiger partial charge in [-0.2, -0.15) is 10.5 Å². The summed E-state index contributed by atoms with van der Waals surface area (Å²) in [6.45, 7) is 0.161. The number of benzene rings is 2. The van der Waals surface area contributed by atoms with Gasteiger partial charge in [-0.05, 0) is 35.4 Å². The molecule has 0 radical (unpaired) electrons. The fourth-order valence-corrected chi connectivity index (χ4v) is 2.34. The molecule has 3 rings (SSSR count). The molecule has 106 valence electrons. The van der Waals surface area contributed by atoms with Crippen LogP contribution in [-0.2, 0) is 0 Å². The number of fused-ring (bicyclic) bond motifs is 1. The van der Waals surface area contributed by atoms with Crippen LogP contribution in [0.3, 0.4) is 0 Å². The maximum atomic E-state index is 9.39. The Kier molecular flexibility index (Phi) is 3.70. The highest BCUT2D eigenvalue weighted by Crippen LogP contribution is 2.38. The quantitative estimate of drug-likeness (QED) is 0.621. The Hall–Kier alpha value is -2.95. The molecule has 5 heteroatoms. The van der Waals surface area contributed by atoms with Crippen LogP contribution in [0.4, 0.5) is 0 Å². The molecule has 2 aromatic rings. The molecule has 22 heavy (non-hydrogen) atoms. The molecule has 2 aromatic carbocycles. The first-order chi connectivity index (χ1) is 10.7. The number of halogens is 1. The van der Waals surface area contributed by atoms with Gasteiger partial charge in [0, 0.05) is 6.07 Å². The van der Waals surface area contributed by atoms with Crippen molar-refractivity contribution in [3.05, 3.63) is 58.1 Å². The van der Waals surface area contributed by atoms with Crippen molar-refractivity contribution in [2.24, 2.45) is 0 Å². The van der Waals surface area contributed by atoms with E-state index in [-0.39, 0.29) is 6.79 Å². The van der Waals surface area contributed by atoms with Gasteiger partial charge in [0.05, 0.1) is 28.3 Å². The first kappa shape index (κ1) is 14.0. The highest BCUT2D eigenvalue weighted by molar-refractivity contribution is 6.32. The molecule has 0 aromatic heterocycles. The van der Waals surface area contributed by atoms with Crippen LogP contribution in [0.2, 0.25) is 5.02 Å². The van der Waals surface area contributed by atoms with Crippen LogP contribution in [0.5, 0.6) is 11.5 Å². The Balaban J connectivity index is 2.06.